The molecule has 1 saturated carbocycles. The van der Waals surface area contributed by atoms with Gasteiger partial charge in [-0.3, -0.25) is 0 Å². The molecule has 0 saturated heterocycles. The molecule has 1 fully saturated rings. The van der Waals surface area contributed by atoms with Crippen LogP contribution in [0.15, 0.2) is 54.6 Å². The molecule has 3 aromatic rings. The predicted molar refractivity (Wildman–Crippen MR) is 121 cm³/mol. The Morgan fingerprint density at radius 1 is 0.862 bits per heavy atom. The lowest BCUT2D eigenvalue weighted by atomic mass is 9.79. The molecule has 29 heavy (non-hydrogen) atoms. The maximum absolute atomic E-state index is 14.6. The van der Waals surface area contributed by atoms with E-state index in [-0.39, 0.29) is 5.82 Å². The van der Waals surface area contributed by atoms with Gasteiger partial charge >= 0.3 is 0 Å². The van der Waals surface area contributed by atoms with Crippen molar-refractivity contribution in [3.05, 3.63) is 82.7 Å². The Labute approximate surface area is 174 Å². The molecule has 0 radical (unpaired) electrons. The molecule has 148 valence electrons. The van der Waals surface area contributed by atoms with Gasteiger partial charge in [-0.25, -0.2) is 4.39 Å². The molecule has 1 aliphatic rings. The van der Waals surface area contributed by atoms with E-state index in [9.17, 15) is 4.39 Å². The van der Waals surface area contributed by atoms with Crippen LogP contribution < -0.4 is 0 Å². The van der Waals surface area contributed by atoms with Crippen LogP contribution in [0.1, 0.15) is 74.1 Å². The molecule has 0 bridgehead atoms. The standard InChI is InChI=1S/C28H29F/c1-3-4-25-16-17-26-19-22(11-18-27(26)28(25)29)8-7-21-9-14-24(15-10-21)23-12-5-20(2)6-13-23/h9-11,14-20,23H,3-6,12-13H2,1-2H3. The largest absolute Gasteiger partial charge is 0.206 e. The van der Waals surface area contributed by atoms with Gasteiger partial charge in [-0.05, 0) is 71.9 Å². The third-order valence-corrected chi connectivity index (χ3v) is 6.30. The van der Waals surface area contributed by atoms with Crippen molar-refractivity contribution in [2.24, 2.45) is 5.92 Å². The highest BCUT2D eigenvalue weighted by Crippen LogP contribution is 2.35. The smallest absolute Gasteiger partial charge is 0.134 e. The van der Waals surface area contributed by atoms with Crippen LogP contribution in [0.3, 0.4) is 0 Å². The lowest BCUT2D eigenvalue weighted by molar-refractivity contribution is 0.348. The highest BCUT2D eigenvalue weighted by atomic mass is 19.1. The maximum atomic E-state index is 14.6. The van der Waals surface area contributed by atoms with Crippen molar-refractivity contribution in [1.82, 2.24) is 0 Å². The molecule has 0 unspecified atom stereocenters. The van der Waals surface area contributed by atoms with Crippen molar-refractivity contribution in [2.45, 2.75) is 58.3 Å². The zero-order chi connectivity index (χ0) is 20.2. The Hall–Kier alpha value is -2.59. The lowest BCUT2D eigenvalue weighted by Gasteiger charge is -2.26. The van der Waals surface area contributed by atoms with Crippen LogP contribution in [0.25, 0.3) is 10.8 Å². The van der Waals surface area contributed by atoms with Gasteiger partial charge in [0, 0.05) is 16.5 Å². The van der Waals surface area contributed by atoms with Crippen molar-refractivity contribution in [3.8, 4) is 11.8 Å². The van der Waals surface area contributed by atoms with Gasteiger partial charge in [0.2, 0.25) is 0 Å². The van der Waals surface area contributed by atoms with Gasteiger partial charge in [-0.1, -0.05) is 75.3 Å². The van der Waals surface area contributed by atoms with Crippen molar-refractivity contribution >= 4 is 10.8 Å². The summed E-state index contributed by atoms with van der Waals surface area (Å²) >= 11 is 0. The molecule has 0 aliphatic heterocycles. The Morgan fingerprint density at radius 3 is 2.28 bits per heavy atom. The van der Waals surface area contributed by atoms with E-state index in [0.29, 0.717) is 11.3 Å². The second-order valence-electron chi connectivity index (χ2n) is 8.55. The normalized spacial score (nSPS) is 19.0. The van der Waals surface area contributed by atoms with Crippen molar-refractivity contribution in [2.75, 3.05) is 0 Å². The number of hydrogen-bond donors (Lipinski definition) is 0. The number of aryl methyl sites for hydroxylation is 1. The molecule has 0 amide bonds. The number of hydrogen-bond acceptors (Lipinski definition) is 0. The van der Waals surface area contributed by atoms with Gasteiger partial charge in [0.05, 0.1) is 0 Å². The summed E-state index contributed by atoms with van der Waals surface area (Å²) in [5, 5.41) is 1.60. The summed E-state index contributed by atoms with van der Waals surface area (Å²) in [7, 11) is 0. The molecule has 0 heterocycles. The number of fused-ring (bicyclic) bond motifs is 1. The summed E-state index contributed by atoms with van der Waals surface area (Å²) in [5.41, 5.74) is 4.20. The summed E-state index contributed by atoms with van der Waals surface area (Å²) < 4.78 is 14.6. The fraction of sp³-hybridized carbons (Fsp3) is 0.357. The van der Waals surface area contributed by atoms with Crippen LogP contribution in [0.5, 0.6) is 0 Å². The van der Waals surface area contributed by atoms with E-state index in [2.05, 4.69) is 50.0 Å². The zero-order valence-electron chi connectivity index (χ0n) is 17.5. The van der Waals surface area contributed by atoms with E-state index >= 15 is 0 Å². The first-order valence-corrected chi connectivity index (χ1v) is 11.0. The number of halogens is 1. The third-order valence-electron chi connectivity index (χ3n) is 6.30. The van der Waals surface area contributed by atoms with Crippen molar-refractivity contribution < 1.29 is 4.39 Å². The first-order valence-electron chi connectivity index (χ1n) is 11.0. The van der Waals surface area contributed by atoms with Crippen LogP contribution >= 0.6 is 0 Å². The number of benzene rings is 3. The van der Waals surface area contributed by atoms with Gasteiger partial charge in [0.1, 0.15) is 5.82 Å². The third kappa shape index (κ3) is 4.54. The molecule has 1 aliphatic carbocycles. The average molecular weight is 385 g/mol. The van der Waals surface area contributed by atoms with Gasteiger partial charge in [-0.15, -0.1) is 0 Å². The Balaban J connectivity index is 1.51. The van der Waals surface area contributed by atoms with E-state index in [4.69, 9.17) is 0 Å². The van der Waals surface area contributed by atoms with Crippen molar-refractivity contribution in [1.29, 1.82) is 0 Å². The lowest BCUT2D eigenvalue weighted by Crippen LogP contribution is -2.10. The minimum Gasteiger partial charge on any atom is -0.206 e. The van der Waals surface area contributed by atoms with Crippen molar-refractivity contribution in [3.63, 3.8) is 0 Å². The summed E-state index contributed by atoms with van der Waals surface area (Å²) in [6.45, 7) is 4.44. The second-order valence-corrected chi connectivity index (χ2v) is 8.55. The minimum atomic E-state index is -0.0865. The maximum Gasteiger partial charge on any atom is 0.134 e. The van der Waals surface area contributed by atoms with Crippen LogP contribution in [0.4, 0.5) is 4.39 Å². The summed E-state index contributed by atoms with van der Waals surface area (Å²) in [5.74, 6) is 8.01. The summed E-state index contributed by atoms with van der Waals surface area (Å²) in [6.07, 6.45) is 7.02. The van der Waals surface area contributed by atoms with Crippen LogP contribution in [0, 0.1) is 23.6 Å². The van der Waals surface area contributed by atoms with Crippen LogP contribution in [-0.4, -0.2) is 0 Å². The molecule has 3 aromatic carbocycles. The van der Waals surface area contributed by atoms with Crippen LogP contribution in [-0.2, 0) is 6.42 Å². The SMILES string of the molecule is CCCc1ccc2cc(C#Cc3ccc(C4CCC(C)CC4)cc3)ccc2c1F. The van der Waals surface area contributed by atoms with E-state index < -0.39 is 0 Å². The molecule has 0 aromatic heterocycles. The molecule has 4 rings (SSSR count). The van der Waals surface area contributed by atoms with Gasteiger partial charge in [-0.2, -0.15) is 0 Å². The van der Waals surface area contributed by atoms with E-state index in [0.717, 1.165) is 40.8 Å². The van der Waals surface area contributed by atoms with Gasteiger partial charge in [0.25, 0.3) is 0 Å². The van der Waals surface area contributed by atoms with E-state index in [1.807, 2.05) is 30.3 Å². The average Bonchev–Trinajstić information content (AvgIpc) is 2.75. The fourth-order valence-corrected chi connectivity index (χ4v) is 4.45. The van der Waals surface area contributed by atoms with Gasteiger partial charge in [0.15, 0.2) is 0 Å². The Bertz CT molecular complexity index is 1040. The zero-order valence-corrected chi connectivity index (χ0v) is 17.5. The van der Waals surface area contributed by atoms with Crippen LogP contribution in [0.2, 0.25) is 0 Å². The fourth-order valence-electron chi connectivity index (χ4n) is 4.45. The van der Waals surface area contributed by atoms with E-state index in [1.165, 1.54) is 31.2 Å². The predicted octanol–water partition coefficient (Wildman–Crippen LogP) is 7.62. The second kappa shape index (κ2) is 8.83. The monoisotopic (exact) mass is 384 g/mol. The summed E-state index contributed by atoms with van der Waals surface area (Å²) in [4.78, 5) is 0. The Morgan fingerprint density at radius 2 is 1.55 bits per heavy atom. The Kier molecular flexibility index (Phi) is 6.00. The summed E-state index contributed by atoms with van der Waals surface area (Å²) in [6, 6.07) is 18.4. The molecular weight excluding hydrogens is 355 g/mol. The molecule has 0 nitrogen and oxygen atoms in total. The minimum absolute atomic E-state index is 0.0865. The quantitative estimate of drug-likeness (QED) is 0.407. The first-order chi connectivity index (χ1) is 14.1. The molecule has 0 atom stereocenters. The van der Waals surface area contributed by atoms with Gasteiger partial charge < -0.3 is 0 Å². The number of rotatable bonds is 3. The van der Waals surface area contributed by atoms with E-state index in [1.54, 1.807) is 0 Å². The molecule has 0 spiro atoms. The molecular formula is C28H29F. The molecule has 1 heteroatoms. The highest BCUT2D eigenvalue weighted by Gasteiger charge is 2.19. The molecule has 0 N–H and O–H groups in total. The first kappa shape index (κ1) is 19.7. The topological polar surface area (TPSA) is 0 Å². The highest BCUT2D eigenvalue weighted by molar-refractivity contribution is 5.85.